The monoisotopic (exact) mass is 439 g/mol. The minimum Gasteiger partial charge on any atom is -0.497 e. The zero-order valence-electron chi connectivity index (χ0n) is 18.7. The minimum atomic E-state index is -0.832. The molecule has 0 unspecified atom stereocenters. The normalized spacial score (nSPS) is 13.1. The van der Waals surface area contributed by atoms with E-state index < -0.39 is 11.9 Å². The third-order valence-corrected chi connectivity index (χ3v) is 5.78. The number of ether oxygens (including phenoxy) is 3. The minimum absolute atomic E-state index is 0.0746. The van der Waals surface area contributed by atoms with Gasteiger partial charge in [0.25, 0.3) is 0 Å². The van der Waals surface area contributed by atoms with E-state index in [1.807, 2.05) is 44.2 Å². The number of hydrogen-bond donors (Lipinski definition) is 2. The van der Waals surface area contributed by atoms with E-state index in [1.54, 1.807) is 7.11 Å². The third-order valence-electron chi connectivity index (χ3n) is 5.78. The van der Waals surface area contributed by atoms with Crippen molar-refractivity contribution < 1.29 is 28.9 Å². The second-order valence-corrected chi connectivity index (χ2v) is 7.91. The Morgan fingerprint density at radius 3 is 2.56 bits per heavy atom. The number of carboxylic acids is 1. The van der Waals surface area contributed by atoms with Crippen LogP contribution in [0.25, 0.3) is 0 Å². The molecule has 7 heteroatoms. The SMILES string of the molecule is COc1ccc(COCc2c(C)c3c(c(N)c2C/C=C(\C)CCC(=O)O)C(=O)OC3)cc1. The predicted octanol–water partition coefficient (Wildman–Crippen LogP) is 4.33. The van der Waals surface area contributed by atoms with Gasteiger partial charge in [0.05, 0.1) is 31.6 Å². The van der Waals surface area contributed by atoms with Crippen molar-refractivity contribution in [2.75, 3.05) is 12.8 Å². The molecule has 0 aliphatic carbocycles. The van der Waals surface area contributed by atoms with Crippen LogP contribution in [0, 0.1) is 6.92 Å². The second kappa shape index (κ2) is 10.3. The Balaban J connectivity index is 1.84. The van der Waals surface area contributed by atoms with Gasteiger partial charge in [-0.3, -0.25) is 4.79 Å². The summed E-state index contributed by atoms with van der Waals surface area (Å²) in [6.45, 7) is 4.82. The molecule has 0 radical (unpaired) electrons. The summed E-state index contributed by atoms with van der Waals surface area (Å²) >= 11 is 0. The summed E-state index contributed by atoms with van der Waals surface area (Å²) in [6, 6.07) is 7.67. The number of nitrogen functional groups attached to an aromatic ring is 1. The van der Waals surface area contributed by atoms with Crippen LogP contribution in [0.15, 0.2) is 35.9 Å². The van der Waals surface area contributed by atoms with Crippen molar-refractivity contribution in [2.24, 2.45) is 0 Å². The van der Waals surface area contributed by atoms with E-state index in [2.05, 4.69) is 0 Å². The quantitative estimate of drug-likeness (QED) is 0.322. The molecule has 170 valence electrons. The zero-order chi connectivity index (χ0) is 23.3. The van der Waals surface area contributed by atoms with Crippen molar-refractivity contribution in [1.82, 2.24) is 0 Å². The first kappa shape index (κ1) is 23.3. The van der Waals surface area contributed by atoms with Crippen LogP contribution in [0.5, 0.6) is 5.75 Å². The highest BCUT2D eigenvalue weighted by molar-refractivity contribution is 6.00. The summed E-state index contributed by atoms with van der Waals surface area (Å²) in [4.78, 5) is 23.1. The Labute approximate surface area is 187 Å². The van der Waals surface area contributed by atoms with Gasteiger partial charge in [-0.25, -0.2) is 4.79 Å². The Hall–Kier alpha value is -3.32. The topological polar surface area (TPSA) is 108 Å². The fraction of sp³-hybridized carbons (Fsp3) is 0.360. The van der Waals surface area contributed by atoms with Gasteiger partial charge in [0.2, 0.25) is 0 Å². The third kappa shape index (κ3) is 5.29. The van der Waals surface area contributed by atoms with Gasteiger partial charge >= 0.3 is 11.9 Å². The van der Waals surface area contributed by atoms with Crippen LogP contribution in [0.3, 0.4) is 0 Å². The Morgan fingerprint density at radius 2 is 1.91 bits per heavy atom. The first-order valence-electron chi connectivity index (χ1n) is 10.5. The molecule has 0 atom stereocenters. The average Bonchev–Trinajstić information content (AvgIpc) is 3.17. The Kier molecular flexibility index (Phi) is 7.53. The lowest BCUT2D eigenvalue weighted by atomic mass is 9.89. The van der Waals surface area contributed by atoms with Gasteiger partial charge in [-0.05, 0) is 61.1 Å². The molecule has 3 N–H and O–H groups in total. The molecule has 2 aromatic rings. The van der Waals surface area contributed by atoms with E-state index in [-0.39, 0.29) is 13.0 Å². The van der Waals surface area contributed by atoms with Gasteiger partial charge in [0.1, 0.15) is 12.4 Å². The van der Waals surface area contributed by atoms with Crippen LogP contribution in [0.2, 0.25) is 0 Å². The molecular weight excluding hydrogens is 410 g/mol. The largest absolute Gasteiger partial charge is 0.497 e. The summed E-state index contributed by atoms with van der Waals surface area (Å²) in [5, 5.41) is 8.91. The Morgan fingerprint density at radius 1 is 1.19 bits per heavy atom. The number of aliphatic carboxylic acids is 1. The van der Waals surface area contributed by atoms with E-state index in [0.717, 1.165) is 39.1 Å². The number of hydrogen-bond acceptors (Lipinski definition) is 6. The lowest BCUT2D eigenvalue weighted by Gasteiger charge is -2.18. The van der Waals surface area contributed by atoms with Crippen LogP contribution in [0.1, 0.15) is 57.9 Å². The van der Waals surface area contributed by atoms with Gasteiger partial charge < -0.3 is 25.1 Å². The molecule has 0 saturated carbocycles. The van der Waals surface area contributed by atoms with Crippen molar-refractivity contribution in [2.45, 2.75) is 52.9 Å². The molecule has 3 rings (SSSR count). The van der Waals surface area contributed by atoms with E-state index in [1.165, 1.54) is 0 Å². The number of esters is 1. The number of carbonyl (C=O) groups is 2. The highest BCUT2D eigenvalue weighted by Gasteiger charge is 2.30. The van der Waals surface area contributed by atoms with E-state index in [9.17, 15) is 9.59 Å². The summed E-state index contributed by atoms with van der Waals surface area (Å²) in [7, 11) is 1.63. The number of carbonyl (C=O) groups excluding carboxylic acids is 1. The van der Waals surface area contributed by atoms with Gasteiger partial charge in [-0.15, -0.1) is 0 Å². The number of fused-ring (bicyclic) bond motifs is 1. The molecule has 7 nitrogen and oxygen atoms in total. The van der Waals surface area contributed by atoms with Crippen LogP contribution < -0.4 is 10.5 Å². The molecule has 2 aromatic carbocycles. The number of rotatable bonds is 10. The van der Waals surface area contributed by atoms with Crippen LogP contribution in [-0.4, -0.2) is 24.2 Å². The lowest BCUT2D eigenvalue weighted by Crippen LogP contribution is -2.11. The maximum atomic E-state index is 12.2. The number of anilines is 1. The molecule has 0 spiro atoms. The molecule has 0 amide bonds. The van der Waals surface area contributed by atoms with Crippen LogP contribution in [0.4, 0.5) is 5.69 Å². The lowest BCUT2D eigenvalue weighted by molar-refractivity contribution is -0.136. The van der Waals surface area contributed by atoms with Crippen molar-refractivity contribution in [1.29, 1.82) is 0 Å². The van der Waals surface area contributed by atoms with Crippen LogP contribution >= 0.6 is 0 Å². The van der Waals surface area contributed by atoms with Gasteiger partial charge in [0, 0.05) is 12.0 Å². The smallest absolute Gasteiger partial charge is 0.341 e. The number of methoxy groups -OCH3 is 1. The van der Waals surface area contributed by atoms with Gasteiger partial charge in [0.15, 0.2) is 0 Å². The molecule has 1 aliphatic rings. The number of benzene rings is 2. The summed E-state index contributed by atoms with van der Waals surface area (Å²) in [6.07, 6.45) is 2.99. The van der Waals surface area contributed by atoms with Crippen molar-refractivity contribution in [3.63, 3.8) is 0 Å². The maximum absolute atomic E-state index is 12.2. The van der Waals surface area contributed by atoms with E-state index >= 15 is 0 Å². The average molecular weight is 440 g/mol. The predicted molar refractivity (Wildman–Crippen MR) is 121 cm³/mol. The van der Waals surface area contributed by atoms with E-state index in [0.29, 0.717) is 37.3 Å². The van der Waals surface area contributed by atoms with Gasteiger partial charge in [-0.2, -0.15) is 0 Å². The number of carboxylic acid groups (broad SMARTS) is 1. The van der Waals surface area contributed by atoms with Crippen molar-refractivity contribution in [3.8, 4) is 5.75 Å². The van der Waals surface area contributed by atoms with Crippen LogP contribution in [-0.2, 0) is 40.5 Å². The van der Waals surface area contributed by atoms with Crippen molar-refractivity contribution >= 4 is 17.6 Å². The summed E-state index contributed by atoms with van der Waals surface area (Å²) < 4.78 is 16.4. The first-order chi connectivity index (χ1) is 15.3. The molecular formula is C25H29NO6. The zero-order valence-corrected chi connectivity index (χ0v) is 18.7. The van der Waals surface area contributed by atoms with E-state index in [4.69, 9.17) is 25.1 Å². The van der Waals surface area contributed by atoms with Gasteiger partial charge in [-0.1, -0.05) is 23.8 Å². The number of allylic oxidation sites excluding steroid dienone is 2. The van der Waals surface area contributed by atoms with Crippen molar-refractivity contribution in [3.05, 3.63) is 69.3 Å². The fourth-order valence-electron chi connectivity index (χ4n) is 3.80. The second-order valence-electron chi connectivity index (χ2n) is 7.91. The standard InChI is InChI=1S/C25H29NO6/c1-15(5-11-22(27)28)4-10-19-20(13-31-12-17-6-8-18(30-3)9-7-17)16(2)21-14-32-25(29)23(21)24(19)26/h4,6-9H,5,10-14,26H2,1-3H3,(H,27,28)/b15-4+. The highest BCUT2D eigenvalue weighted by atomic mass is 16.5. The molecule has 32 heavy (non-hydrogen) atoms. The summed E-state index contributed by atoms with van der Waals surface area (Å²) in [5.41, 5.74) is 12.8. The molecule has 0 aromatic heterocycles. The number of cyclic esters (lactones) is 1. The fourth-order valence-corrected chi connectivity index (χ4v) is 3.80. The number of nitrogens with two attached hydrogens (primary N) is 1. The Bertz CT molecular complexity index is 1040. The summed E-state index contributed by atoms with van der Waals surface area (Å²) in [5.74, 6) is -0.451. The highest BCUT2D eigenvalue weighted by Crippen LogP contribution is 2.36. The molecule has 0 fully saturated rings. The molecule has 1 heterocycles. The molecule has 1 aliphatic heterocycles. The molecule has 0 bridgehead atoms. The maximum Gasteiger partial charge on any atom is 0.341 e. The first-order valence-corrected chi connectivity index (χ1v) is 10.5. The molecule has 0 saturated heterocycles.